The van der Waals surface area contributed by atoms with Crippen molar-refractivity contribution in [3.8, 4) is 0 Å². The summed E-state index contributed by atoms with van der Waals surface area (Å²) >= 11 is 0. The van der Waals surface area contributed by atoms with Crippen molar-refractivity contribution in [3.05, 3.63) is 41.5 Å². The molecule has 2 heterocycles. The van der Waals surface area contributed by atoms with Gasteiger partial charge in [0.25, 0.3) is 0 Å². The van der Waals surface area contributed by atoms with Gasteiger partial charge in [-0.15, -0.1) is 0 Å². The van der Waals surface area contributed by atoms with Crippen LogP contribution in [0.1, 0.15) is 37.2 Å². The Bertz CT molecular complexity index is 749. The Morgan fingerprint density at radius 2 is 2.00 bits per heavy atom. The van der Waals surface area contributed by atoms with Gasteiger partial charge in [0.05, 0.1) is 11.4 Å². The first-order valence-corrected chi connectivity index (χ1v) is 8.34. The number of hydrogen-bond donors (Lipinski definition) is 1. The largest absolute Gasteiger partial charge is 0.370 e. The molecular weight excluding hydrogens is 307 g/mol. The third kappa shape index (κ3) is 3.13. The first-order valence-electron chi connectivity index (χ1n) is 8.34. The zero-order valence-corrected chi connectivity index (χ0v) is 14.3. The summed E-state index contributed by atoms with van der Waals surface area (Å²) in [5.74, 6) is -0.680. The number of nitrogens with zero attached hydrogens (tertiary/aromatic N) is 3. The Balaban J connectivity index is 1.85. The summed E-state index contributed by atoms with van der Waals surface area (Å²) in [5.41, 5.74) is 2.78. The molecule has 5 nitrogen and oxygen atoms in total. The normalized spacial score (nSPS) is 15.6. The van der Waals surface area contributed by atoms with Crippen molar-refractivity contribution in [1.29, 1.82) is 0 Å². The third-order valence-corrected chi connectivity index (χ3v) is 4.48. The first-order chi connectivity index (χ1) is 11.5. The van der Waals surface area contributed by atoms with E-state index in [0.717, 1.165) is 43.0 Å². The lowest BCUT2D eigenvalue weighted by Crippen LogP contribution is -2.27. The average molecular weight is 330 g/mol. The summed E-state index contributed by atoms with van der Waals surface area (Å²) in [4.78, 5) is 14.8. The number of para-hydroxylation sites is 1. The topological polar surface area (TPSA) is 50.2 Å². The molecule has 1 saturated heterocycles. The smallest absolute Gasteiger partial charge is 0.249 e. The van der Waals surface area contributed by atoms with Crippen LogP contribution in [0.3, 0.4) is 0 Å². The van der Waals surface area contributed by atoms with Crippen LogP contribution in [-0.2, 0) is 4.79 Å². The molecule has 6 heteroatoms. The van der Waals surface area contributed by atoms with Gasteiger partial charge in [0.15, 0.2) is 0 Å². The molecule has 3 rings (SSSR count). The second-order valence-electron chi connectivity index (χ2n) is 6.37. The Labute approximate surface area is 141 Å². The molecule has 1 fully saturated rings. The molecule has 0 radical (unpaired) electrons. The molecule has 24 heavy (non-hydrogen) atoms. The van der Waals surface area contributed by atoms with E-state index in [-0.39, 0.29) is 11.6 Å². The molecule has 1 atom stereocenters. The molecule has 0 saturated carbocycles. The summed E-state index contributed by atoms with van der Waals surface area (Å²) in [7, 11) is 0. The molecule has 128 valence electrons. The summed E-state index contributed by atoms with van der Waals surface area (Å²) in [6.07, 6.45) is 2.18. The first kappa shape index (κ1) is 16.5. The van der Waals surface area contributed by atoms with Crippen LogP contribution in [0.4, 0.5) is 15.8 Å². The third-order valence-electron chi connectivity index (χ3n) is 4.48. The highest BCUT2D eigenvalue weighted by Crippen LogP contribution is 2.31. The van der Waals surface area contributed by atoms with Crippen LogP contribution in [0.2, 0.25) is 0 Å². The van der Waals surface area contributed by atoms with E-state index in [4.69, 9.17) is 0 Å². The minimum absolute atomic E-state index is 0.262. The predicted octanol–water partition coefficient (Wildman–Crippen LogP) is 3.44. The molecule has 1 aromatic carbocycles. The van der Waals surface area contributed by atoms with Crippen LogP contribution >= 0.6 is 0 Å². The van der Waals surface area contributed by atoms with Gasteiger partial charge in [0.1, 0.15) is 17.5 Å². The lowest BCUT2D eigenvalue weighted by Gasteiger charge is -2.23. The van der Waals surface area contributed by atoms with Gasteiger partial charge in [-0.3, -0.25) is 9.48 Å². The van der Waals surface area contributed by atoms with Crippen molar-refractivity contribution < 1.29 is 9.18 Å². The number of nitrogens with one attached hydrogen (secondary N) is 1. The molecule has 2 aromatic rings. The van der Waals surface area contributed by atoms with Crippen molar-refractivity contribution in [2.45, 2.75) is 39.7 Å². The Hall–Kier alpha value is -2.37. The zero-order chi connectivity index (χ0) is 17.3. The number of benzene rings is 1. The summed E-state index contributed by atoms with van der Waals surface area (Å²) in [5, 5.41) is 7.12. The van der Waals surface area contributed by atoms with E-state index < -0.39 is 11.9 Å². The molecule has 1 aliphatic rings. The standard InChI is InChI=1S/C18H23FN4O/c1-12-11-13(2)23(21-12)14(3)18(24)20-17-15(19)7-6-8-16(17)22-9-4-5-10-22/h6-8,11,14H,4-5,9-10H2,1-3H3,(H,20,24)/t14-/m1/s1. The lowest BCUT2D eigenvalue weighted by molar-refractivity contribution is -0.119. The lowest BCUT2D eigenvalue weighted by atomic mass is 10.2. The van der Waals surface area contributed by atoms with Crippen LogP contribution < -0.4 is 10.2 Å². The maximum atomic E-state index is 14.3. The number of aryl methyl sites for hydroxylation is 2. The molecule has 0 spiro atoms. The minimum Gasteiger partial charge on any atom is -0.370 e. The number of carbonyl (C=O) groups excluding carboxylic acids is 1. The Morgan fingerprint density at radius 3 is 2.62 bits per heavy atom. The van der Waals surface area contributed by atoms with Gasteiger partial charge in [-0.2, -0.15) is 5.10 Å². The molecule has 0 aliphatic carbocycles. The summed E-state index contributed by atoms with van der Waals surface area (Å²) in [6, 6.07) is 6.33. The number of carbonyl (C=O) groups is 1. The number of anilines is 2. The Morgan fingerprint density at radius 1 is 1.29 bits per heavy atom. The Kier molecular flexibility index (Phi) is 4.55. The second-order valence-corrected chi connectivity index (χ2v) is 6.37. The van der Waals surface area contributed by atoms with E-state index in [9.17, 15) is 9.18 Å². The van der Waals surface area contributed by atoms with Crippen LogP contribution in [0.15, 0.2) is 24.3 Å². The molecule has 1 amide bonds. The molecule has 1 N–H and O–H groups in total. The van der Waals surface area contributed by atoms with Crippen molar-refractivity contribution in [2.24, 2.45) is 0 Å². The van der Waals surface area contributed by atoms with Crippen LogP contribution in [0.5, 0.6) is 0 Å². The van der Waals surface area contributed by atoms with Crippen molar-refractivity contribution in [2.75, 3.05) is 23.3 Å². The second kappa shape index (κ2) is 6.63. The highest BCUT2D eigenvalue weighted by atomic mass is 19.1. The van der Waals surface area contributed by atoms with Gasteiger partial charge in [-0.25, -0.2) is 4.39 Å². The van der Waals surface area contributed by atoms with Crippen molar-refractivity contribution in [1.82, 2.24) is 9.78 Å². The van der Waals surface area contributed by atoms with E-state index in [2.05, 4.69) is 15.3 Å². The van der Waals surface area contributed by atoms with E-state index in [0.29, 0.717) is 0 Å². The fourth-order valence-corrected chi connectivity index (χ4v) is 3.23. The van der Waals surface area contributed by atoms with Gasteiger partial charge in [-0.05, 0) is 51.8 Å². The molecular formula is C18H23FN4O. The van der Waals surface area contributed by atoms with E-state index in [1.807, 2.05) is 26.0 Å². The highest BCUT2D eigenvalue weighted by molar-refractivity contribution is 5.96. The van der Waals surface area contributed by atoms with Gasteiger partial charge in [0, 0.05) is 18.8 Å². The van der Waals surface area contributed by atoms with E-state index in [1.54, 1.807) is 17.7 Å². The van der Waals surface area contributed by atoms with Crippen molar-refractivity contribution in [3.63, 3.8) is 0 Å². The number of halogens is 1. The van der Waals surface area contributed by atoms with Gasteiger partial charge in [0.2, 0.25) is 5.91 Å². The van der Waals surface area contributed by atoms with Gasteiger partial charge >= 0.3 is 0 Å². The van der Waals surface area contributed by atoms with Gasteiger partial charge in [-0.1, -0.05) is 6.07 Å². The fourth-order valence-electron chi connectivity index (χ4n) is 3.23. The number of amides is 1. The zero-order valence-electron chi connectivity index (χ0n) is 14.3. The monoisotopic (exact) mass is 330 g/mol. The maximum Gasteiger partial charge on any atom is 0.249 e. The SMILES string of the molecule is Cc1cc(C)n([C@H](C)C(=O)Nc2c(F)cccc2N2CCCC2)n1. The van der Waals surface area contributed by atoms with Crippen LogP contribution in [0, 0.1) is 19.7 Å². The summed E-state index contributed by atoms with van der Waals surface area (Å²) < 4.78 is 16.0. The molecule has 1 aromatic heterocycles. The van der Waals surface area contributed by atoms with E-state index in [1.165, 1.54) is 6.07 Å². The minimum atomic E-state index is -0.510. The van der Waals surface area contributed by atoms with Crippen molar-refractivity contribution >= 4 is 17.3 Å². The average Bonchev–Trinajstić information content (AvgIpc) is 3.18. The molecule has 0 bridgehead atoms. The highest BCUT2D eigenvalue weighted by Gasteiger charge is 2.23. The van der Waals surface area contributed by atoms with Crippen LogP contribution in [-0.4, -0.2) is 28.8 Å². The fraction of sp³-hybridized carbons (Fsp3) is 0.444. The van der Waals surface area contributed by atoms with E-state index >= 15 is 0 Å². The molecule has 1 aliphatic heterocycles. The molecule has 0 unspecified atom stereocenters. The number of rotatable bonds is 4. The summed E-state index contributed by atoms with van der Waals surface area (Å²) in [6.45, 7) is 7.34. The van der Waals surface area contributed by atoms with Crippen LogP contribution in [0.25, 0.3) is 0 Å². The quantitative estimate of drug-likeness (QED) is 0.934. The maximum absolute atomic E-state index is 14.3. The number of hydrogen-bond acceptors (Lipinski definition) is 3. The van der Waals surface area contributed by atoms with Gasteiger partial charge < -0.3 is 10.2 Å². The number of aromatic nitrogens is 2. The predicted molar refractivity (Wildman–Crippen MR) is 92.9 cm³/mol.